The lowest BCUT2D eigenvalue weighted by molar-refractivity contribution is 0.976. The number of rotatable bonds is 7. The van der Waals surface area contributed by atoms with E-state index in [4.69, 9.17) is 5.41 Å². The van der Waals surface area contributed by atoms with Gasteiger partial charge in [0.1, 0.15) is 0 Å². The van der Waals surface area contributed by atoms with Crippen molar-refractivity contribution in [1.29, 1.82) is 5.41 Å². The number of hydrogen-bond donors (Lipinski definition) is 3. The maximum Gasteiger partial charge on any atom is 0.165 e. The highest BCUT2D eigenvalue weighted by molar-refractivity contribution is 8.83. The fourth-order valence-electron chi connectivity index (χ4n) is 0.502. The van der Waals surface area contributed by atoms with E-state index >= 15 is 0 Å². The van der Waals surface area contributed by atoms with Crippen LogP contribution in [0, 0.1) is 5.41 Å². The van der Waals surface area contributed by atoms with Crippen molar-refractivity contribution in [1.82, 2.24) is 10.6 Å². The molecule has 0 aliphatic carbocycles. The van der Waals surface area contributed by atoms with Gasteiger partial charge in [0, 0.05) is 13.1 Å². The first-order chi connectivity index (χ1) is 6.70. The fraction of sp³-hybridized carbons (Fsp3) is 0.222. The zero-order valence-electron chi connectivity index (χ0n) is 8.01. The molecule has 3 nitrogen and oxygen atoms in total. The van der Waals surface area contributed by atoms with Crippen molar-refractivity contribution in [2.45, 2.75) is 0 Å². The van der Waals surface area contributed by atoms with E-state index in [9.17, 15) is 0 Å². The summed E-state index contributed by atoms with van der Waals surface area (Å²) in [7, 11) is 2.74. The third-order valence-corrected chi connectivity index (χ3v) is 3.17. The van der Waals surface area contributed by atoms with Crippen LogP contribution in [0.4, 0.5) is 0 Å². The van der Waals surface area contributed by atoms with Gasteiger partial charge in [-0.25, -0.2) is 0 Å². The maximum atomic E-state index is 7.46. The molecule has 0 unspecified atom stereocenters. The SMILES string of the molecule is C=CCNC(=C)SSC(=N)NCC=C. The van der Waals surface area contributed by atoms with Gasteiger partial charge in [0.25, 0.3) is 0 Å². The first kappa shape index (κ1) is 13.2. The molecule has 0 bridgehead atoms. The Kier molecular flexibility index (Phi) is 8.27. The predicted molar refractivity (Wildman–Crippen MR) is 68.4 cm³/mol. The number of hydrogen-bond acceptors (Lipinski definition) is 4. The van der Waals surface area contributed by atoms with Gasteiger partial charge >= 0.3 is 0 Å². The summed E-state index contributed by atoms with van der Waals surface area (Å²) in [5, 5.41) is 14.6. The lowest BCUT2D eigenvalue weighted by Gasteiger charge is -2.07. The van der Waals surface area contributed by atoms with Crippen LogP contribution in [-0.4, -0.2) is 18.3 Å². The molecule has 0 aromatic heterocycles. The van der Waals surface area contributed by atoms with Gasteiger partial charge in [-0.2, -0.15) is 0 Å². The molecule has 5 heteroatoms. The Labute approximate surface area is 93.0 Å². The normalized spacial score (nSPS) is 8.86. The van der Waals surface area contributed by atoms with E-state index in [1.165, 1.54) is 21.6 Å². The van der Waals surface area contributed by atoms with E-state index in [-0.39, 0.29) is 0 Å². The second-order valence-corrected chi connectivity index (χ2v) is 4.49. The fourth-order valence-corrected chi connectivity index (χ4v) is 1.88. The molecule has 3 N–H and O–H groups in total. The smallest absolute Gasteiger partial charge is 0.165 e. The summed E-state index contributed by atoms with van der Waals surface area (Å²) in [6, 6.07) is 0. The predicted octanol–water partition coefficient (Wildman–Crippen LogP) is 2.32. The third kappa shape index (κ3) is 7.82. The molecule has 0 aliphatic heterocycles. The molecular weight excluding hydrogens is 214 g/mol. The van der Waals surface area contributed by atoms with Gasteiger partial charge in [0.2, 0.25) is 0 Å². The zero-order valence-corrected chi connectivity index (χ0v) is 9.64. The van der Waals surface area contributed by atoms with E-state index in [0.717, 1.165) is 5.03 Å². The first-order valence-electron chi connectivity index (χ1n) is 4.02. The van der Waals surface area contributed by atoms with Gasteiger partial charge in [-0.05, 0) is 21.6 Å². The number of amidine groups is 1. The summed E-state index contributed by atoms with van der Waals surface area (Å²) < 4.78 is 0. The average molecular weight is 229 g/mol. The maximum absolute atomic E-state index is 7.46. The van der Waals surface area contributed by atoms with Crippen molar-refractivity contribution < 1.29 is 0 Å². The number of nitrogens with one attached hydrogen (secondary N) is 3. The molecule has 0 spiro atoms. The Bertz CT molecular complexity index is 202. The second-order valence-electron chi connectivity index (χ2n) is 2.26. The lowest BCUT2D eigenvalue weighted by Crippen LogP contribution is -2.18. The van der Waals surface area contributed by atoms with Crippen molar-refractivity contribution in [3.63, 3.8) is 0 Å². The minimum Gasteiger partial charge on any atom is -0.376 e. The van der Waals surface area contributed by atoms with E-state index in [0.29, 0.717) is 18.3 Å². The quantitative estimate of drug-likeness (QED) is 0.271. The molecule has 14 heavy (non-hydrogen) atoms. The molecular formula is C9H15N3S2. The molecule has 0 aromatic rings. The Balaban J connectivity index is 3.50. The van der Waals surface area contributed by atoms with Crippen molar-refractivity contribution >= 4 is 26.8 Å². The standard InChI is InChI=1S/C9H15N3S2/c1-4-6-11-8(3)13-14-9(10)12-7-5-2/h4-5,11H,1-3,6-7H2,(H2,10,12). The summed E-state index contributed by atoms with van der Waals surface area (Å²) in [5.41, 5.74) is 0. The van der Waals surface area contributed by atoms with E-state index in [2.05, 4.69) is 30.4 Å². The van der Waals surface area contributed by atoms with E-state index < -0.39 is 0 Å². The van der Waals surface area contributed by atoms with Crippen LogP contribution in [0.3, 0.4) is 0 Å². The lowest BCUT2D eigenvalue weighted by atomic mass is 10.6. The van der Waals surface area contributed by atoms with Gasteiger partial charge in [0.05, 0.1) is 5.03 Å². The van der Waals surface area contributed by atoms with Crippen molar-refractivity contribution in [3.05, 3.63) is 36.9 Å². The summed E-state index contributed by atoms with van der Waals surface area (Å²) in [6.45, 7) is 12.2. The molecule has 0 amide bonds. The molecule has 0 saturated heterocycles. The zero-order chi connectivity index (χ0) is 10.8. The molecule has 0 radical (unpaired) electrons. The van der Waals surface area contributed by atoms with Crippen LogP contribution < -0.4 is 10.6 Å². The van der Waals surface area contributed by atoms with Crippen molar-refractivity contribution in [2.75, 3.05) is 13.1 Å². The first-order valence-corrected chi connectivity index (χ1v) is 6.17. The Morgan fingerprint density at radius 3 is 2.29 bits per heavy atom. The van der Waals surface area contributed by atoms with Gasteiger partial charge in [-0.3, -0.25) is 5.41 Å². The highest BCUT2D eigenvalue weighted by Crippen LogP contribution is 2.26. The van der Waals surface area contributed by atoms with Crippen LogP contribution >= 0.6 is 21.6 Å². The highest BCUT2D eigenvalue weighted by Gasteiger charge is 1.98. The van der Waals surface area contributed by atoms with Crippen LogP contribution in [0.5, 0.6) is 0 Å². The van der Waals surface area contributed by atoms with Crippen LogP contribution in [0.1, 0.15) is 0 Å². The average Bonchev–Trinajstić information content (AvgIpc) is 2.20. The molecule has 0 fully saturated rings. The summed E-state index contributed by atoms with van der Waals surface area (Å²) in [6.07, 6.45) is 3.47. The Morgan fingerprint density at radius 1 is 1.14 bits per heavy atom. The molecule has 0 atom stereocenters. The second kappa shape index (κ2) is 8.77. The van der Waals surface area contributed by atoms with Gasteiger partial charge in [0.15, 0.2) is 5.17 Å². The minimum absolute atomic E-state index is 0.399. The van der Waals surface area contributed by atoms with Crippen molar-refractivity contribution in [3.8, 4) is 0 Å². The van der Waals surface area contributed by atoms with Crippen molar-refractivity contribution in [2.24, 2.45) is 0 Å². The molecule has 0 saturated carbocycles. The largest absolute Gasteiger partial charge is 0.376 e. The van der Waals surface area contributed by atoms with Gasteiger partial charge in [-0.1, -0.05) is 18.7 Å². The van der Waals surface area contributed by atoms with Gasteiger partial charge < -0.3 is 10.6 Å². The monoisotopic (exact) mass is 229 g/mol. The summed E-state index contributed by atoms with van der Waals surface area (Å²) in [5.74, 6) is 0. The van der Waals surface area contributed by atoms with Crippen LogP contribution in [-0.2, 0) is 0 Å². The Morgan fingerprint density at radius 2 is 1.71 bits per heavy atom. The summed E-state index contributed by atoms with van der Waals surface area (Å²) >= 11 is 0. The van der Waals surface area contributed by atoms with Gasteiger partial charge in [-0.15, -0.1) is 13.2 Å². The van der Waals surface area contributed by atoms with Crippen LogP contribution in [0.15, 0.2) is 36.9 Å². The van der Waals surface area contributed by atoms with E-state index in [1.807, 2.05) is 0 Å². The summed E-state index contributed by atoms with van der Waals surface area (Å²) in [4.78, 5) is 0. The molecule has 0 aromatic carbocycles. The van der Waals surface area contributed by atoms with Crippen LogP contribution in [0.2, 0.25) is 0 Å². The topological polar surface area (TPSA) is 47.9 Å². The molecule has 0 heterocycles. The Hall–Kier alpha value is -0.810. The third-order valence-electron chi connectivity index (χ3n) is 1.08. The molecule has 0 aliphatic rings. The van der Waals surface area contributed by atoms with E-state index in [1.54, 1.807) is 12.2 Å². The molecule has 0 rings (SSSR count). The minimum atomic E-state index is 0.399. The molecule has 78 valence electrons. The highest BCUT2D eigenvalue weighted by atomic mass is 33.1. The van der Waals surface area contributed by atoms with Crippen LogP contribution in [0.25, 0.3) is 0 Å².